The summed E-state index contributed by atoms with van der Waals surface area (Å²) in [6.45, 7) is -0.318. The Kier molecular flexibility index (Phi) is 11.7. The van der Waals surface area contributed by atoms with Crippen molar-refractivity contribution in [3.63, 3.8) is 0 Å². The summed E-state index contributed by atoms with van der Waals surface area (Å²) in [4.78, 5) is 11.7. The van der Waals surface area contributed by atoms with Gasteiger partial charge in [-0.05, 0) is 6.42 Å². The molecule has 2 heterocycles. The minimum atomic E-state index is -4.36. The van der Waals surface area contributed by atoms with E-state index in [4.69, 9.17) is 18.8 Å². The molecule has 236 valence electrons. The molecule has 20 heteroatoms. The summed E-state index contributed by atoms with van der Waals surface area (Å²) in [5, 5.41) is 37.8. The topological polar surface area (TPSA) is 200 Å². The molecule has 2 aromatic rings. The van der Waals surface area contributed by atoms with Gasteiger partial charge in [-0.1, -0.05) is 5.21 Å². The SMILES string of the molecule is O=C(CCOCCn1cc(CCO[C@H]2O[C@H](CCS(=O)(=O)O)[C@@H](O)[C@H](O)[C@@H]2O)nn1)Oc1c(F)c(F)c(F)c(F)c1F. The van der Waals surface area contributed by atoms with Crippen LogP contribution in [0.4, 0.5) is 22.0 Å². The van der Waals surface area contributed by atoms with Crippen LogP contribution in [0.3, 0.4) is 0 Å². The number of halogens is 5. The normalized spacial score (nSPS) is 22.8. The average Bonchev–Trinajstić information content (AvgIpc) is 3.39. The van der Waals surface area contributed by atoms with Gasteiger partial charge in [-0.3, -0.25) is 9.35 Å². The largest absolute Gasteiger partial charge is 0.420 e. The Labute approximate surface area is 234 Å². The average molecular weight is 636 g/mol. The van der Waals surface area contributed by atoms with Crippen molar-refractivity contribution in [1.82, 2.24) is 15.0 Å². The van der Waals surface area contributed by atoms with Crippen LogP contribution in [-0.4, -0.2) is 106 Å². The highest BCUT2D eigenvalue weighted by molar-refractivity contribution is 7.85. The predicted octanol–water partition coefficient (Wildman–Crippen LogP) is -0.369. The maximum atomic E-state index is 13.6. The lowest BCUT2D eigenvalue weighted by Gasteiger charge is -2.40. The zero-order valence-corrected chi connectivity index (χ0v) is 22.2. The van der Waals surface area contributed by atoms with E-state index in [0.29, 0.717) is 5.69 Å². The van der Waals surface area contributed by atoms with Crippen LogP contribution in [0.2, 0.25) is 0 Å². The lowest BCUT2D eigenvalue weighted by molar-refractivity contribution is -0.296. The highest BCUT2D eigenvalue weighted by atomic mass is 32.2. The number of aromatic nitrogens is 3. The van der Waals surface area contributed by atoms with E-state index in [1.807, 2.05) is 0 Å². The molecule has 42 heavy (non-hydrogen) atoms. The number of aliphatic hydroxyl groups excluding tert-OH is 3. The lowest BCUT2D eigenvalue weighted by atomic mass is 9.97. The molecule has 14 nitrogen and oxygen atoms in total. The molecule has 0 saturated carbocycles. The van der Waals surface area contributed by atoms with Gasteiger partial charge in [-0.2, -0.15) is 17.2 Å². The van der Waals surface area contributed by atoms with Gasteiger partial charge in [-0.15, -0.1) is 5.10 Å². The molecule has 1 fully saturated rings. The molecule has 0 radical (unpaired) electrons. The minimum Gasteiger partial charge on any atom is -0.420 e. The lowest BCUT2D eigenvalue weighted by Crippen LogP contribution is -2.58. The first-order valence-corrected chi connectivity index (χ1v) is 13.8. The van der Waals surface area contributed by atoms with Crippen LogP contribution < -0.4 is 4.74 Å². The molecule has 1 saturated heterocycles. The Morgan fingerprint density at radius 2 is 1.60 bits per heavy atom. The summed E-state index contributed by atoms with van der Waals surface area (Å²) in [7, 11) is -4.36. The second-order valence-corrected chi connectivity index (χ2v) is 10.5. The molecule has 0 amide bonds. The fraction of sp³-hybridized carbons (Fsp3) is 0.591. The number of carbonyl (C=O) groups is 1. The number of esters is 1. The Bertz CT molecular complexity index is 1320. The first-order valence-electron chi connectivity index (χ1n) is 12.1. The summed E-state index contributed by atoms with van der Waals surface area (Å²) < 4.78 is 119. The van der Waals surface area contributed by atoms with E-state index < -0.39 is 93.8 Å². The van der Waals surface area contributed by atoms with Crippen molar-refractivity contribution in [3.8, 4) is 5.75 Å². The quantitative estimate of drug-likeness (QED) is 0.0399. The van der Waals surface area contributed by atoms with Crippen LogP contribution >= 0.6 is 0 Å². The van der Waals surface area contributed by atoms with Crippen molar-refractivity contribution in [2.45, 2.75) is 56.5 Å². The van der Waals surface area contributed by atoms with E-state index in [-0.39, 0.29) is 39.2 Å². The molecular weight excluding hydrogens is 609 g/mol. The van der Waals surface area contributed by atoms with Crippen LogP contribution in [0.25, 0.3) is 0 Å². The van der Waals surface area contributed by atoms with Crippen molar-refractivity contribution in [1.29, 1.82) is 0 Å². The molecule has 0 unspecified atom stereocenters. The second kappa shape index (κ2) is 14.6. The smallest absolute Gasteiger partial charge is 0.313 e. The molecule has 1 aliphatic rings. The van der Waals surface area contributed by atoms with Gasteiger partial charge in [-0.25, -0.2) is 17.9 Å². The zero-order chi connectivity index (χ0) is 31.2. The number of hydrogen-bond donors (Lipinski definition) is 4. The Hall–Kier alpha value is -2.85. The number of ether oxygens (including phenoxy) is 4. The Morgan fingerprint density at radius 3 is 2.24 bits per heavy atom. The van der Waals surface area contributed by atoms with E-state index in [1.165, 1.54) is 10.9 Å². The van der Waals surface area contributed by atoms with Crippen LogP contribution in [0.1, 0.15) is 18.5 Å². The third-order valence-corrected chi connectivity index (χ3v) is 6.61. The third kappa shape index (κ3) is 8.83. The maximum absolute atomic E-state index is 13.6. The standard InChI is InChI=1S/C22H26F5N3O11S/c23-13-14(24)16(26)21(17(27)15(13)25)41-12(31)2-5-38-7-4-30-9-10(28-29-30)1-6-39-22-20(34)19(33)18(32)11(40-22)3-8-42(35,36)37/h9,11,18-20,22,32-34H,1-8H2,(H,35,36,37)/t11-,18-,19+,20+,22+/m1/s1. The van der Waals surface area contributed by atoms with Crippen LogP contribution in [-0.2, 0) is 42.1 Å². The molecule has 5 atom stereocenters. The van der Waals surface area contributed by atoms with Crippen molar-refractivity contribution in [2.24, 2.45) is 0 Å². The highest BCUT2D eigenvalue weighted by Gasteiger charge is 2.44. The molecule has 1 aromatic heterocycles. The number of carbonyl (C=O) groups excluding carboxylic acids is 1. The van der Waals surface area contributed by atoms with E-state index >= 15 is 0 Å². The van der Waals surface area contributed by atoms with Crippen LogP contribution in [0.5, 0.6) is 5.75 Å². The van der Waals surface area contributed by atoms with Gasteiger partial charge in [0.25, 0.3) is 10.1 Å². The number of benzene rings is 1. The van der Waals surface area contributed by atoms with Gasteiger partial charge in [0, 0.05) is 12.6 Å². The third-order valence-electron chi connectivity index (χ3n) is 5.86. The molecule has 0 spiro atoms. The number of hydrogen-bond acceptors (Lipinski definition) is 12. The maximum Gasteiger partial charge on any atom is 0.313 e. The second-order valence-electron chi connectivity index (χ2n) is 8.92. The molecule has 4 N–H and O–H groups in total. The van der Waals surface area contributed by atoms with Crippen LogP contribution in [0.15, 0.2) is 6.20 Å². The van der Waals surface area contributed by atoms with Gasteiger partial charge in [0.1, 0.15) is 18.3 Å². The van der Waals surface area contributed by atoms with Crippen molar-refractivity contribution >= 4 is 16.1 Å². The molecule has 0 bridgehead atoms. The van der Waals surface area contributed by atoms with E-state index in [1.54, 1.807) is 0 Å². The van der Waals surface area contributed by atoms with Crippen molar-refractivity contribution < 1.29 is 74.0 Å². The van der Waals surface area contributed by atoms with E-state index in [9.17, 15) is 50.5 Å². The number of rotatable bonds is 14. The van der Waals surface area contributed by atoms with Gasteiger partial charge in [0.05, 0.1) is 50.3 Å². The molecule has 1 aromatic carbocycles. The van der Waals surface area contributed by atoms with Crippen molar-refractivity contribution in [3.05, 3.63) is 41.0 Å². The first kappa shape index (κ1) is 33.6. The summed E-state index contributed by atoms with van der Waals surface area (Å²) >= 11 is 0. The van der Waals surface area contributed by atoms with Gasteiger partial charge < -0.3 is 34.3 Å². The molecule has 0 aliphatic carbocycles. The fourth-order valence-electron chi connectivity index (χ4n) is 3.65. The minimum absolute atomic E-state index is 0.0254. The predicted molar refractivity (Wildman–Crippen MR) is 125 cm³/mol. The Morgan fingerprint density at radius 1 is 0.952 bits per heavy atom. The van der Waals surface area contributed by atoms with Crippen molar-refractivity contribution in [2.75, 3.05) is 25.6 Å². The summed E-state index contributed by atoms with van der Waals surface area (Å²) in [6, 6.07) is 0. The molecule has 3 rings (SSSR count). The summed E-state index contributed by atoms with van der Waals surface area (Å²) in [5.74, 6) is -15.2. The monoisotopic (exact) mass is 635 g/mol. The van der Waals surface area contributed by atoms with Gasteiger partial charge >= 0.3 is 5.97 Å². The fourth-order valence-corrected chi connectivity index (χ4v) is 4.19. The van der Waals surface area contributed by atoms with Gasteiger partial charge in [0.15, 0.2) is 6.29 Å². The number of nitrogens with zero attached hydrogens (tertiary/aromatic N) is 3. The highest BCUT2D eigenvalue weighted by Crippen LogP contribution is 2.29. The molecular formula is C22H26F5N3O11S. The summed E-state index contributed by atoms with van der Waals surface area (Å²) in [6.07, 6.45) is -6.93. The summed E-state index contributed by atoms with van der Waals surface area (Å²) in [5.41, 5.74) is 0.412. The Balaban J connectivity index is 1.37. The van der Waals surface area contributed by atoms with E-state index in [0.717, 1.165) is 0 Å². The molecule has 1 aliphatic heterocycles. The number of aliphatic hydroxyl groups is 3. The zero-order valence-electron chi connectivity index (χ0n) is 21.4. The first-order chi connectivity index (χ1) is 19.7. The van der Waals surface area contributed by atoms with Crippen LogP contribution in [0, 0.1) is 29.1 Å². The van der Waals surface area contributed by atoms with Gasteiger partial charge in [0.2, 0.25) is 34.8 Å². The van der Waals surface area contributed by atoms with E-state index in [2.05, 4.69) is 15.0 Å².